The number of aromatic nitrogens is 2. The number of carbonyl (C=O) groups excluding carboxylic acids is 1. The fourth-order valence-electron chi connectivity index (χ4n) is 1.08. The average Bonchev–Trinajstić information content (AvgIpc) is 2.34. The Morgan fingerprint density at radius 3 is 2.94 bits per heavy atom. The lowest BCUT2D eigenvalue weighted by atomic mass is 10.2. The maximum absolute atomic E-state index is 11.3. The van der Waals surface area contributed by atoms with E-state index in [1.54, 1.807) is 6.92 Å². The van der Waals surface area contributed by atoms with Crippen LogP contribution in [0.4, 0.5) is 0 Å². The number of esters is 1. The van der Waals surface area contributed by atoms with Crippen LogP contribution in [0.2, 0.25) is 5.15 Å². The first kappa shape index (κ1) is 14.0. The molecule has 0 aliphatic rings. The van der Waals surface area contributed by atoms with Gasteiger partial charge >= 0.3 is 11.1 Å². The predicted molar refractivity (Wildman–Crippen MR) is 62.0 cm³/mol. The number of hydrogen-bond acceptors (Lipinski definition) is 6. The van der Waals surface area contributed by atoms with Crippen LogP contribution in [0.3, 0.4) is 0 Å². The van der Waals surface area contributed by atoms with Crippen molar-refractivity contribution in [3.05, 3.63) is 27.7 Å². The number of rotatable bonds is 4. The zero-order chi connectivity index (χ0) is 13.7. The van der Waals surface area contributed by atoms with Crippen molar-refractivity contribution in [1.29, 1.82) is 0 Å². The van der Waals surface area contributed by atoms with Gasteiger partial charge in [0.1, 0.15) is 0 Å². The van der Waals surface area contributed by atoms with Crippen molar-refractivity contribution in [2.75, 3.05) is 13.7 Å². The van der Waals surface area contributed by atoms with E-state index in [2.05, 4.69) is 9.84 Å². The lowest BCUT2D eigenvalue weighted by Gasteiger charge is -2.03. The van der Waals surface area contributed by atoms with Crippen molar-refractivity contribution >= 4 is 23.6 Å². The first-order chi connectivity index (χ1) is 8.49. The third-order valence-corrected chi connectivity index (χ3v) is 2.22. The van der Waals surface area contributed by atoms with Crippen LogP contribution < -0.4 is 9.58 Å². The van der Waals surface area contributed by atoms with Crippen molar-refractivity contribution in [2.24, 2.45) is 0 Å². The van der Waals surface area contributed by atoms with Gasteiger partial charge in [-0.3, -0.25) is 0 Å². The van der Waals surface area contributed by atoms with Gasteiger partial charge in [0.15, 0.2) is 0 Å². The largest absolute Gasteiger partial charge is 0.593 e. The molecule has 0 amide bonds. The van der Waals surface area contributed by atoms with Crippen LogP contribution in [0.25, 0.3) is 6.08 Å². The van der Waals surface area contributed by atoms with Gasteiger partial charge in [-0.25, -0.2) is 4.79 Å². The third-order valence-electron chi connectivity index (χ3n) is 1.86. The summed E-state index contributed by atoms with van der Waals surface area (Å²) in [5.41, 5.74) is 0.0871. The third kappa shape index (κ3) is 3.24. The van der Waals surface area contributed by atoms with Crippen molar-refractivity contribution in [3.63, 3.8) is 0 Å². The Labute approximate surface area is 108 Å². The van der Waals surface area contributed by atoms with Crippen molar-refractivity contribution in [2.45, 2.75) is 6.92 Å². The maximum atomic E-state index is 11.3. The van der Waals surface area contributed by atoms with E-state index in [4.69, 9.17) is 16.3 Å². The summed E-state index contributed by atoms with van der Waals surface area (Å²) in [6.45, 7) is 1.71. The van der Waals surface area contributed by atoms with Gasteiger partial charge in [0, 0.05) is 12.1 Å². The summed E-state index contributed by atoms with van der Waals surface area (Å²) in [6.07, 6.45) is 0.999. The van der Waals surface area contributed by atoms with Gasteiger partial charge in [0.05, 0.1) is 24.4 Å². The van der Waals surface area contributed by atoms with E-state index < -0.39 is 11.7 Å². The van der Waals surface area contributed by atoms with Crippen LogP contribution in [0.5, 0.6) is 5.88 Å². The topological polar surface area (TPSA) is 95.6 Å². The zero-order valence-electron chi connectivity index (χ0n) is 9.71. The van der Waals surface area contributed by atoms with Gasteiger partial charge in [0.25, 0.3) is 5.88 Å². The highest BCUT2D eigenvalue weighted by atomic mass is 35.5. The van der Waals surface area contributed by atoms with E-state index in [1.165, 1.54) is 13.2 Å². The van der Waals surface area contributed by atoms with Crippen LogP contribution in [0.1, 0.15) is 12.5 Å². The first-order valence-corrected chi connectivity index (χ1v) is 5.29. The minimum Gasteiger partial charge on any atom is -0.593 e. The molecule has 1 rings (SSSR count). The molecule has 0 saturated carbocycles. The van der Waals surface area contributed by atoms with E-state index >= 15 is 0 Å². The summed E-state index contributed by atoms with van der Waals surface area (Å²) in [7, 11) is 1.31. The molecule has 1 heterocycles. The molecule has 98 valence electrons. The highest BCUT2D eigenvalue weighted by Crippen LogP contribution is 2.18. The average molecular weight is 275 g/mol. The number of ether oxygens (including phenoxy) is 2. The summed E-state index contributed by atoms with van der Waals surface area (Å²) in [5, 5.41) is 23.8. The summed E-state index contributed by atoms with van der Waals surface area (Å²) < 4.78 is 9.33. The zero-order valence-corrected chi connectivity index (χ0v) is 10.5. The van der Waals surface area contributed by atoms with Crippen molar-refractivity contribution in [1.82, 2.24) is 5.10 Å². The number of halogens is 1. The van der Waals surface area contributed by atoms with E-state index in [0.717, 1.165) is 6.08 Å². The molecule has 18 heavy (non-hydrogen) atoms. The standard InChI is InChI=1S/C10H11ClN2O5/c1-3-18-10(15)7(14)4-6-5-8(17-2)12-13(16)9(6)11/h4-5,14H,3H2,1-2H3/b7-4+. The lowest BCUT2D eigenvalue weighted by Crippen LogP contribution is -2.33. The lowest BCUT2D eigenvalue weighted by molar-refractivity contribution is -0.667. The molecule has 0 radical (unpaired) electrons. The Morgan fingerprint density at radius 1 is 1.72 bits per heavy atom. The van der Waals surface area contributed by atoms with E-state index in [0.29, 0.717) is 0 Å². The minimum atomic E-state index is -0.915. The number of aliphatic hydroxyl groups is 1. The van der Waals surface area contributed by atoms with Crippen LogP contribution in [0.15, 0.2) is 11.8 Å². The molecule has 0 atom stereocenters. The smallest absolute Gasteiger partial charge is 0.373 e. The molecule has 0 aromatic carbocycles. The summed E-state index contributed by atoms with van der Waals surface area (Å²) in [5.74, 6) is -1.59. The van der Waals surface area contributed by atoms with Crippen molar-refractivity contribution < 1.29 is 24.2 Å². The maximum Gasteiger partial charge on any atom is 0.373 e. The van der Waals surface area contributed by atoms with Gasteiger partial charge in [-0.05, 0) is 23.4 Å². The molecule has 1 N–H and O–H groups in total. The second-order valence-electron chi connectivity index (χ2n) is 3.06. The Morgan fingerprint density at radius 2 is 2.39 bits per heavy atom. The molecule has 0 fully saturated rings. The van der Waals surface area contributed by atoms with Crippen molar-refractivity contribution in [3.8, 4) is 5.88 Å². The summed E-state index contributed by atoms with van der Waals surface area (Å²) in [4.78, 5) is 11.3. The Balaban J connectivity index is 3.13. The van der Waals surface area contributed by atoms with Gasteiger partial charge in [-0.15, -0.1) is 0 Å². The van der Waals surface area contributed by atoms with E-state index in [1.807, 2.05) is 0 Å². The van der Waals surface area contributed by atoms with Crippen LogP contribution in [-0.4, -0.2) is 29.9 Å². The molecule has 0 aliphatic heterocycles. The van der Waals surface area contributed by atoms with Crippen LogP contribution >= 0.6 is 11.6 Å². The molecule has 1 aromatic heterocycles. The number of hydrogen-bond donors (Lipinski definition) is 1. The Bertz CT molecular complexity index is 489. The number of aliphatic hydroxyl groups excluding tert-OH is 1. The molecular formula is C10H11ClN2O5. The molecule has 0 unspecified atom stereocenters. The predicted octanol–water partition coefficient (Wildman–Crippen LogP) is 0.839. The second kappa shape index (κ2) is 6.06. The highest BCUT2D eigenvalue weighted by molar-refractivity contribution is 6.30. The summed E-state index contributed by atoms with van der Waals surface area (Å²) >= 11 is 5.67. The quantitative estimate of drug-likeness (QED) is 0.287. The molecule has 1 aromatic rings. The van der Waals surface area contributed by atoms with Gasteiger partial charge in [0.2, 0.25) is 5.76 Å². The molecule has 8 heteroatoms. The molecular weight excluding hydrogens is 264 g/mol. The first-order valence-electron chi connectivity index (χ1n) is 4.91. The highest BCUT2D eigenvalue weighted by Gasteiger charge is 2.16. The summed E-state index contributed by atoms with van der Waals surface area (Å²) in [6, 6.07) is 1.30. The normalized spacial score (nSPS) is 11.2. The Kier molecular flexibility index (Phi) is 4.73. The van der Waals surface area contributed by atoms with Gasteiger partial charge < -0.3 is 19.8 Å². The van der Waals surface area contributed by atoms with Gasteiger partial charge in [-0.1, -0.05) is 0 Å². The van der Waals surface area contributed by atoms with E-state index in [-0.39, 0.29) is 28.0 Å². The van der Waals surface area contributed by atoms with Gasteiger partial charge in [-0.2, -0.15) is 0 Å². The Hall–Kier alpha value is -2.02. The fraction of sp³-hybridized carbons (Fsp3) is 0.300. The van der Waals surface area contributed by atoms with Crippen LogP contribution in [0, 0.1) is 5.21 Å². The van der Waals surface area contributed by atoms with Crippen LogP contribution in [-0.2, 0) is 9.53 Å². The SMILES string of the molecule is CCOC(=O)/C(O)=C\c1cc(OC)n[n+]([O-])c1Cl. The second-order valence-corrected chi connectivity index (χ2v) is 3.41. The monoisotopic (exact) mass is 274 g/mol. The number of methoxy groups -OCH3 is 1. The molecule has 0 aliphatic carbocycles. The minimum absolute atomic E-state index is 0.00249. The molecule has 7 nitrogen and oxygen atoms in total. The molecule has 0 spiro atoms. The fourth-order valence-corrected chi connectivity index (χ4v) is 1.22. The molecule has 0 bridgehead atoms. The van der Waals surface area contributed by atoms with E-state index in [9.17, 15) is 15.1 Å². The number of carbonyl (C=O) groups is 1. The number of nitrogens with zero attached hydrogens (tertiary/aromatic N) is 2. The molecule has 0 saturated heterocycles.